The number of nitrogens with zero attached hydrogens (tertiary/aromatic N) is 2. The van der Waals surface area contributed by atoms with Crippen molar-refractivity contribution in [2.45, 2.75) is 6.92 Å². The zero-order valence-electron chi connectivity index (χ0n) is 9.38. The highest BCUT2D eigenvalue weighted by Gasteiger charge is 2.10. The van der Waals surface area contributed by atoms with E-state index in [0.717, 1.165) is 0 Å². The number of hydrogen-bond donors (Lipinski definition) is 2. The quantitative estimate of drug-likeness (QED) is 0.702. The van der Waals surface area contributed by atoms with E-state index in [2.05, 4.69) is 15.3 Å². The molecule has 1 aromatic rings. The van der Waals surface area contributed by atoms with Gasteiger partial charge in [0.25, 0.3) is 0 Å². The van der Waals surface area contributed by atoms with Crippen molar-refractivity contribution in [3.8, 4) is 0 Å². The lowest BCUT2D eigenvalue weighted by Crippen LogP contribution is -2.21. The summed E-state index contributed by atoms with van der Waals surface area (Å²) in [7, 11) is -3.00. The number of nitrogens with one attached hydrogen (secondary N) is 1. The van der Waals surface area contributed by atoms with Gasteiger partial charge in [-0.05, 0) is 0 Å². The molecule has 1 rings (SSSR count). The average Bonchev–Trinajstić information content (AvgIpc) is 2.29. The van der Waals surface area contributed by atoms with E-state index >= 15 is 0 Å². The van der Waals surface area contributed by atoms with Crippen molar-refractivity contribution in [2.75, 3.05) is 23.4 Å². The molecule has 1 aromatic heterocycles. The van der Waals surface area contributed by atoms with Gasteiger partial charge >= 0.3 is 0 Å². The minimum atomic E-state index is -3.00. The van der Waals surface area contributed by atoms with Gasteiger partial charge in [-0.1, -0.05) is 19.1 Å². The molecule has 0 atom stereocenters. The van der Waals surface area contributed by atoms with Crippen LogP contribution in [0.1, 0.15) is 12.6 Å². The summed E-state index contributed by atoms with van der Waals surface area (Å²) < 4.78 is 22.6. The summed E-state index contributed by atoms with van der Waals surface area (Å²) >= 11 is 4.81. The Bertz CT molecular complexity index is 501. The third kappa shape index (κ3) is 4.23. The second-order valence-corrected chi connectivity index (χ2v) is 6.19. The normalized spacial score (nSPS) is 11.1. The third-order valence-electron chi connectivity index (χ3n) is 2.08. The number of thiocarbonyl (C=S) groups is 1. The van der Waals surface area contributed by atoms with Crippen LogP contribution in [0.5, 0.6) is 0 Å². The molecule has 1 heterocycles. The van der Waals surface area contributed by atoms with Gasteiger partial charge in [-0.25, -0.2) is 18.4 Å². The van der Waals surface area contributed by atoms with E-state index in [4.69, 9.17) is 18.0 Å². The summed E-state index contributed by atoms with van der Waals surface area (Å²) in [5.41, 5.74) is 5.84. The van der Waals surface area contributed by atoms with Crippen LogP contribution < -0.4 is 11.1 Å². The molecule has 0 aliphatic carbocycles. The molecule has 94 valence electrons. The van der Waals surface area contributed by atoms with Crippen LogP contribution in [0.15, 0.2) is 12.4 Å². The van der Waals surface area contributed by atoms with Gasteiger partial charge in [-0.2, -0.15) is 0 Å². The first kappa shape index (κ1) is 13.8. The lowest BCUT2D eigenvalue weighted by atomic mass is 10.4. The molecular weight excluding hydrogens is 260 g/mol. The number of rotatable bonds is 6. The number of sulfone groups is 1. The zero-order chi connectivity index (χ0) is 12.9. The van der Waals surface area contributed by atoms with Crippen molar-refractivity contribution >= 4 is 32.9 Å². The van der Waals surface area contributed by atoms with Crippen molar-refractivity contribution < 1.29 is 8.42 Å². The molecule has 0 amide bonds. The van der Waals surface area contributed by atoms with Crippen LogP contribution in [0.2, 0.25) is 0 Å². The van der Waals surface area contributed by atoms with Crippen LogP contribution >= 0.6 is 12.2 Å². The minimum absolute atomic E-state index is 0.0385. The molecule has 0 bridgehead atoms. The molecular formula is C9H14N4O2S2. The van der Waals surface area contributed by atoms with Gasteiger partial charge in [0.2, 0.25) is 0 Å². The fourth-order valence-electron chi connectivity index (χ4n) is 1.12. The van der Waals surface area contributed by atoms with E-state index < -0.39 is 9.84 Å². The Morgan fingerprint density at radius 1 is 1.47 bits per heavy atom. The molecule has 0 aromatic carbocycles. The lowest BCUT2D eigenvalue weighted by molar-refractivity contribution is 0.597. The largest absolute Gasteiger partial charge is 0.388 e. The topological polar surface area (TPSA) is 98.0 Å². The van der Waals surface area contributed by atoms with Gasteiger partial charge in [0, 0.05) is 24.7 Å². The van der Waals surface area contributed by atoms with E-state index in [9.17, 15) is 8.42 Å². The Labute approximate surface area is 106 Å². The van der Waals surface area contributed by atoms with Crippen molar-refractivity contribution in [3.05, 3.63) is 18.1 Å². The summed E-state index contributed by atoms with van der Waals surface area (Å²) in [6.07, 6.45) is 2.96. The molecule has 0 spiro atoms. The molecule has 0 fully saturated rings. The third-order valence-corrected chi connectivity index (χ3v) is 3.98. The van der Waals surface area contributed by atoms with Gasteiger partial charge in [0.1, 0.15) is 10.7 Å². The van der Waals surface area contributed by atoms with Crippen molar-refractivity contribution in [2.24, 2.45) is 5.73 Å². The van der Waals surface area contributed by atoms with Crippen LogP contribution in [0, 0.1) is 0 Å². The first-order valence-corrected chi connectivity index (χ1v) is 7.24. The molecule has 0 saturated carbocycles. The lowest BCUT2D eigenvalue weighted by Gasteiger charge is -2.08. The standard InChI is InChI=1S/C9H14N4O2S2/c1-2-17(14,15)6-5-13-9-7(8(10)16)11-3-4-12-9/h3-4H,2,5-6H2,1H3,(H2,10,16)(H,12,13). The van der Waals surface area contributed by atoms with Crippen molar-refractivity contribution in [1.82, 2.24) is 9.97 Å². The van der Waals surface area contributed by atoms with Crippen LogP contribution in [-0.4, -0.2) is 41.4 Å². The fourth-order valence-corrected chi connectivity index (χ4v) is 1.97. The van der Waals surface area contributed by atoms with Crippen LogP contribution in [0.25, 0.3) is 0 Å². The molecule has 6 nitrogen and oxygen atoms in total. The smallest absolute Gasteiger partial charge is 0.155 e. The van der Waals surface area contributed by atoms with Crippen molar-refractivity contribution in [1.29, 1.82) is 0 Å². The second-order valence-electron chi connectivity index (χ2n) is 3.28. The van der Waals surface area contributed by atoms with Crippen LogP contribution in [0.3, 0.4) is 0 Å². The van der Waals surface area contributed by atoms with Crippen molar-refractivity contribution in [3.63, 3.8) is 0 Å². The Balaban J connectivity index is 2.67. The van der Waals surface area contributed by atoms with Gasteiger partial charge in [0.15, 0.2) is 15.7 Å². The molecule has 0 aliphatic rings. The highest BCUT2D eigenvalue weighted by atomic mass is 32.2. The van der Waals surface area contributed by atoms with E-state index in [0.29, 0.717) is 11.5 Å². The maximum absolute atomic E-state index is 11.3. The SMILES string of the molecule is CCS(=O)(=O)CCNc1nccnc1C(N)=S. The predicted molar refractivity (Wildman–Crippen MR) is 70.7 cm³/mol. The minimum Gasteiger partial charge on any atom is -0.388 e. The molecule has 8 heteroatoms. The Kier molecular flexibility index (Phi) is 4.76. The van der Waals surface area contributed by atoms with E-state index in [1.807, 2.05) is 0 Å². The molecule has 17 heavy (non-hydrogen) atoms. The van der Waals surface area contributed by atoms with Gasteiger partial charge in [-0.3, -0.25) is 0 Å². The zero-order valence-corrected chi connectivity index (χ0v) is 11.0. The Hall–Kier alpha value is -1.28. The number of nitrogens with two attached hydrogens (primary N) is 1. The first-order chi connectivity index (χ1) is 7.96. The second kappa shape index (κ2) is 5.87. The monoisotopic (exact) mass is 274 g/mol. The summed E-state index contributed by atoms with van der Waals surface area (Å²) in [5.74, 6) is 0.569. The average molecular weight is 274 g/mol. The van der Waals surface area contributed by atoms with Gasteiger partial charge in [-0.15, -0.1) is 0 Å². The summed E-state index contributed by atoms with van der Waals surface area (Å²) in [4.78, 5) is 8.11. The molecule has 0 unspecified atom stereocenters. The maximum atomic E-state index is 11.3. The highest BCUT2D eigenvalue weighted by Crippen LogP contribution is 2.07. The summed E-state index contributed by atoms with van der Waals surface area (Å²) in [6, 6.07) is 0. The number of anilines is 1. The summed E-state index contributed by atoms with van der Waals surface area (Å²) in [6.45, 7) is 1.86. The predicted octanol–water partition coefficient (Wildman–Crippen LogP) is -0.0426. The van der Waals surface area contributed by atoms with Crippen LogP contribution in [-0.2, 0) is 9.84 Å². The highest BCUT2D eigenvalue weighted by molar-refractivity contribution is 7.91. The van der Waals surface area contributed by atoms with Gasteiger partial charge < -0.3 is 11.1 Å². The molecule has 3 N–H and O–H groups in total. The number of hydrogen-bond acceptors (Lipinski definition) is 6. The number of aromatic nitrogens is 2. The fraction of sp³-hybridized carbons (Fsp3) is 0.444. The van der Waals surface area contributed by atoms with Gasteiger partial charge in [0.05, 0.1) is 5.75 Å². The summed E-state index contributed by atoms with van der Waals surface area (Å²) in [5, 5.41) is 2.86. The maximum Gasteiger partial charge on any atom is 0.155 e. The molecule has 0 saturated heterocycles. The van der Waals surface area contributed by atoms with E-state index in [1.165, 1.54) is 12.4 Å². The first-order valence-electron chi connectivity index (χ1n) is 5.01. The Morgan fingerprint density at radius 3 is 2.71 bits per heavy atom. The Morgan fingerprint density at radius 2 is 2.12 bits per heavy atom. The molecule has 0 aliphatic heterocycles. The van der Waals surface area contributed by atoms with Crippen LogP contribution in [0.4, 0.5) is 5.82 Å². The molecule has 0 radical (unpaired) electrons. The van der Waals surface area contributed by atoms with E-state index in [1.54, 1.807) is 6.92 Å². The van der Waals surface area contributed by atoms with E-state index in [-0.39, 0.29) is 23.0 Å².